The van der Waals surface area contributed by atoms with Gasteiger partial charge in [-0.05, 0) is 68.5 Å². The highest BCUT2D eigenvalue weighted by Crippen LogP contribution is 2.39. The number of aromatic amines is 1. The molecule has 3 heterocycles. The molecule has 3 N–H and O–H groups in total. The van der Waals surface area contributed by atoms with Gasteiger partial charge in [0.1, 0.15) is 10.9 Å². The lowest BCUT2D eigenvalue weighted by atomic mass is 10.1. The second kappa shape index (κ2) is 9.82. The number of aromatic nitrogens is 2. The molecule has 0 saturated heterocycles. The van der Waals surface area contributed by atoms with Gasteiger partial charge in [0.25, 0.3) is 5.91 Å². The fourth-order valence-electron chi connectivity index (χ4n) is 4.21. The van der Waals surface area contributed by atoms with Gasteiger partial charge in [0, 0.05) is 57.9 Å². The molecule has 2 aromatic carbocycles. The molecule has 0 saturated carbocycles. The van der Waals surface area contributed by atoms with Gasteiger partial charge in [-0.3, -0.25) is 4.79 Å². The maximum absolute atomic E-state index is 12.6. The molecule has 0 aliphatic heterocycles. The van der Waals surface area contributed by atoms with E-state index in [4.69, 9.17) is 0 Å². The minimum Gasteiger partial charge on any atom is -0.361 e. The Kier molecular flexibility index (Phi) is 6.42. The third kappa shape index (κ3) is 4.54. The Hall–Kier alpha value is -4.19. The topological polar surface area (TPSA) is 96.8 Å². The second-order valence-corrected chi connectivity index (χ2v) is 9.96. The summed E-state index contributed by atoms with van der Waals surface area (Å²) in [6, 6.07) is 18.0. The zero-order chi connectivity index (χ0) is 25.2. The highest BCUT2D eigenvalue weighted by atomic mass is 32.1. The molecule has 0 unspecified atom stereocenters. The van der Waals surface area contributed by atoms with Crippen LogP contribution < -0.4 is 10.6 Å². The van der Waals surface area contributed by atoms with Crippen LogP contribution in [0.15, 0.2) is 60.9 Å². The monoisotopic (exact) mass is 494 g/mol. The Morgan fingerprint density at radius 2 is 2.03 bits per heavy atom. The minimum absolute atomic E-state index is 0.0947. The molecule has 180 valence electrons. The smallest absolute Gasteiger partial charge is 0.251 e. The molecule has 5 rings (SSSR count). The van der Waals surface area contributed by atoms with E-state index in [2.05, 4.69) is 39.7 Å². The van der Waals surface area contributed by atoms with Crippen molar-refractivity contribution in [3.05, 3.63) is 77.6 Å². The number of carbonyl (C=O) groups excluding carboxylic acids is 1. The van der Waals surface area contributed by atoms with Crippen molar-refractivity contribution in [3.8, 4) is 16.5 Å². The molecule has 0 aliphatic rings. The first-order chi connectivity index (χ1) is 17.4. The predicted molar refractivity (Wildman–Crippen MR) is 147 cm³/mol. The van der Waals surface area contributed by atoms with Crippen LogP contribution in [0.25, 0.3) is 31.6 Å². The van der Waals surface area contributed by atoms with Crippen molar-refractivity contribution >= 4 is 49.7 Å². The number of hydrogen-bond donors (Lipinski definition) is 3. The Labute approximate surface area is 213 Å². The second-order valence-electron chi connectivity index (χ2n) is 8.93. The van der Waals surface area contributed by atoms with Crippen LogP contribution in [-0.4, -0.2) is 48.0 Å². The number of thiophene rings is 1. The number of likely N-dealkylation sites (N-methyl/N-ethyl adjacent to an activating group) is 1. The van der Waals surface area contributed by atoms with E-state index in [1.807, 2.05) is 67.7 Å². The summed E-state index contributed by atoms with van der Waals surface area (Å²) in [6.45, 7) is 3.43. The molecule has 36 heavy (non-hydrogen) atoms. The standard InChI is InChI=1S/C28H26N6OS/c1-17-21-9-10-30-24(21)8-7-23(17)33-26-20(15-29)16-32-28-22(26)14-25(36-28)18-5-4-6-19(13-18)27(35)31-11-12-34(2)3/h4-10,13-14,16,30H,11-12H2,1-3H3,(H,31,35)(H,32,33). The van der Waals surface area contributed by atoms with Crippen LogP contribution in [0.4, 0.5) is 11.4 Å². The quantitative estimate of drug-likeness (QED) is 0.271. The van der Waals surface area contributed by atoms with Crippen molar-refractivity contribution in [3.63, 3.8) is 0 Å². The van der Waals surface area contributed by atoms with Crippen LogP contribution in [0.2, 0.25) is 0 Å². The van der Waals surface area contributed by atoms with Gasteiger partial charge >= 0.3 is 0 Å². The van der Waals surface area contributed by atoms with E-state index in [0.29, 0.717) is 17.7 Å². The fraction of sp³-hybridized carbons (Fsp3) is 0.179. The summed E-state index contributed by atoms with van der Waals surface area (Å²) in [5, 5.41) is 18.3. The number of fused-ring (bicyclic) bond motifs is 2. The van der Waals surface area contributed by atoms with E-state index >= 15 is 0 Å². The molecule has 3 aromatic heterocycles. The molecular formula is C28H26N6OS. The lowest BCUT2D eigenvalue weighted by molar-refractivity contribution is 0.0951. The summed E-state index contributed by atoms with van der Waals surface area (Å²) >= 11 is 1.54. The van der Waals surface area contributed by atoms with Gasteiger partial charge in [0.2, 0.25) is 0 Å². The van der Waals surface area contributed by atoms with Gasteiger partial charge < -0.3 is 20.5 Å². The van der Waals surface area contributed by atoms with Crippen molar-refractivity contribution in [1.29, 1.82) is 5.26 Å². The number of aryl methyl sites for hydroxylation is 1. The highest BCUT2D eigenvalue weighted by Gasteiger charge is 2.16. The number of carbonyl (C=O) groups is 1. The van der Waals surface area contributed by atoms with Crippen molar-refractivity contribution in [2.24, 2.45) is 0 Å². The summed E-state index contributed by atoms with van der Waals surface area (Å²) in [5.74, 6) is -0.0947. The molecule has 0 fully saturated rings. The van der Waals surface area contributed by atoms with Gasteiger partial charge in [0.15, 0.2) is 0 Å². The Balaban J connectivity index is 1.50. The van der Waals surface area contributed by atoms with E-state index in [1.165, 1.54) is 0 Å². The largest absolute Gasteiger partial charge is 0.361 e. The number of benzene rings is 2. The first-order valence-electron chi connectivity index (χ1n) is 11.6. The number of H-pyrrole nitrogens is 1. The Morgan fingerprint density at radius 1 is 1.17 bits per heavy atom. The van der Waals surface area contributed by atoms with Gasteiger partial charge in [-0.1, -0.05) is 12.1 Å². The zero-order valence-corrected chi connectivity index (χ0v) is 21.2. The first kappa shape index (κ1) is 23.5. The first-order valence-corrected chi connectivity index (χ1v) is 12.5. The molecule has 0 bridgehead atoms. The van der Waals surface area contributed by atoms with Crippen LogP contribution in [-0.2, 0) is 0 Å². The number of nitrogens with one attached hydrogen (secondary N) is 3. The molecule has 0 radical (unpaired) electrons. The summed E-state index contributed by atoms with van der Waals surface area (Å²) in [7, 11) is 3.95. The zero-order valence-electron chi connectivity index (χ0n) is 20.3. The van der Waals surface area contributed by atoms with Crippen LogP contribution in [0.5, 0.6) is 0 Å². The summed E-state index contributed by atoms with van der Waals surface area (Å²) in [4.78, 5) is 24.3. The van der Waals surface area contributed by atoms with E-state index in [1.54, 1.807) is 17.5 Å². The molecule has 0 spiro atoms. The van der Waals surface area contributed by atoms with Crippen LogP contribution in [0.1, 0.15) is 21.5 Å². The van der Waals surface area contributed by atoms with E-state index in [-0.39, 0.29) is 5.91 Å². The average molecular weight is 495 g/mol. The van der Waals surface area contributed by atoms with Crippen molar-refractivity contribution in [2.75, 3.05) is 32.5 Å². The molecule has 0 atom stereocenters. The van der Waals surface area contributed by atoms with E-state index in [9.17, 15) is 10.1 Å². The third-order valence-corrected chi connectivity index (χ3v) is 7.29. The molecule has 5 aromatic rings. The van der Waals surface area contributed by atoms with Gasteiger partial charge in [-0.15, -0.1) is 11.3 Å². The molecule has 1 amide bonds. The predicted octanol–water partition coefficient (Wildman–Crippen LogP) is 5.66. The van der Waals surface area contributed by atoms with Crippen LogP contribution in [0, 0.1) is 18.3 Å². The van der Waals surface area contributed by atoms with Gasteiger partial charge in [-0.2, -0.15) is 5.26 Å². The summed E-state index contributed by atoms with van der Waals surface area (Å²) in [5.41, 5.74) is 5.88. The normalized spacial score (nSPS) is 11.2. The number of nitrogens with zero attached hydrogens (tertiary/aromatic N) is 3. The van der Waals surface area contributed by atoms with Crippen molar-refractivity contribution in [2.45, 2.75) is 6.92 Å². The van der Waals surface area contributed by atoms with E-state index < -0.39 is 0 Å². The third-order valence-electron chi connectivity index (χ3n) is 6.20. The SMILES string of the molecule is Cc1c(Nc2c(C#N)cnc3sc(-c4cccc(C(=O)NCCN(C)C)c4)cc23)ccc2[nH]ccc12. The number of hydrogen-bond acceptors (Lipinski definition) is 6. The van der Waals surface area contributed by atoms with Crippen molar-refractivity contribution in [1.82, 2.24) is 20.2 Å². The molecular weight excluding hydrogens is 468 g/mol. The number of nitriles is 1. The maximum atomic E-state index is 12.6. The van der Waals surface area contributed by atoms with Gasteiger partial charge in [0.05, 0.1) is 11.3 Å². The summed E-state index contributed by atoms with van der Waals surface area (Å²) < 4.78 is 0. The number of rotatable bonds is 7. The number of anilines is 2. The highest BCUT2D eigenvalue weighted by molar-refractivity contribution is 7.22. The Morgan fingerprint density at radius 3 is 2.83 bits per heavy atom. The van der Waals surface area contributed by atoms with Crippen LogP contribution in [0.3, 0.4) is 0 Å². The van der Waals surface area contributed by atoms with Gasteiger partial charge in [-0.25, -0.2) is 4.98 Å². The lowest BCUT2D eigenvalue weighted by Crippen LogP contribution is -2.31. The average Bonchev–Trinajstić information content (AvgIpc) is 3.53. The van der Waals surface area contributed by atoms with E-state index in [0.717, 1.165) is 55.0 Å². The maximum Gasteiger partial charge on any atom is 0.251 e. The number of pyridine rings is 1. The lowest BCUT2D eigenvalue weighted by Gasteiger charge is -2.12. The Bertz CT molecular complexity index is 1620. The molecule has 8 heteroatoms. The van der Waals surface area contributed by atoms with Crippen molar-refractivity contribution < 1.29 is 4.79 Å². The minimum atomic E-state index is -0.0947. The van der Waals surface area contributed by atoms with Crippen LogP contribution >= 0.6 is 11.3 Å². The number of amides is 1. The molecule has 7 nitrogen and oxygen atoms in total. The fourth-order valence-corrected chi connectivity index (χ4v) is 5.22. The summed E-state index contributed by atoms with van der Waals surface area (Å²) in [6.07, 6.45) is 3.54. The molecule has 0 aliphatic carbocycles.